The molecule has 0 aliphatic rings. The molecule has 0 bridgehead atoms. The van der Waals surface area contributed by atoms with E-state index in [1.165, 1.54) is 0 Å². The predicted octanol–water partition coefficient (Wildman–Crippen LogP) is 2.82. The van der Waals surface area contributed by atoms with Crippen molar-refractivity contribution in [1.82, 2.24) is 4.98 Å². The van der Waals surface area contributed by atoms with Crippen molar-refractivity contribution in [2.45, 2.75) is 19.3 Å². The Kier molecular flexibility index (Phi) is 3.15. The highest BCUT2D eigenvalue weighted by Gasteiger charge is 2.30. The minimum Gasteiger partial charge on any atom is -0.399 e. The summed E-state index contributed by atoms with van der Waals surface area (Å²) in [6.45, 7) is 3.82. The molecule has 0 radical (unpaired) electrons. The zero-order valence-corrected chi connectivity index (χ0v) is 10.6. The van der Waals surface area contributed by atoms with E-state index in [1.54, 1.807) is 24.5 Å². The molecule has 0 saturated heterocycles. The number of pyridine rings is 1. The zero-order chi connectivity index (χ0) is 13.2. The Morgan fingerprint density at radius 3 is 2.39 bits per heavy atom. The molecule has 1 heterocycles. The number of carbonyl (C=O) groups excluding carboxylic acids is 1. The third-order valence-corrected chi connectivity index (χ3v) is 3.12. The lowest BCUT2D eigenvalue weighted by molar-refractivity contribution is 0.0908. The quantitative estimate of drug-likeness (QED) is 0.663. The fourth-order valence-electron chi connectivity index (χ4n) is 1.89. The maximum absolute atomic E-state index is 12.5. The van der Waals surface area contributed by atoms with Crippen LogP contribution in [0.2, 0.25) is 0 Å². The van der Waals surface area contributed by atoms with E-state index >= 15 is 0 Å². The SMILES string of the molecule is CC(C)(C(=O)c1cccnc1)c1ccc(N)cc1. The van der Waals surface area contributed by atoms with Crippen LogP contribution in [0, 0.1) is 0 Å². The second-order valence-corrected chi connectivity index (χ2v) is 4.82. The molecule has 1 aromatic carbocycles. The fraction of sp³-hybridized carbons (Fsp3) is 0.200. The van der Waals surface area contributed by atoms with Crippen molar-refractivity contribution in [2.24, 2.45) is 0 Å². The van der Waals surface area contributed by atoms with Gasteiger partial charge in [0.2, 0.25) is 0 Å². The molecular weight excluding hydrogens is 224 g/mol. The Morgan fingerprint density at radius 2 is 1.83 bits per heavy atom. The number of Topliss-reactive ketones (excluding diaryl/α,β-unsaturated/α-hetero) is 1. The first kappa shape index (κ1) is 12.3. The van der Waals surface area contributed by atoms with Gasteiger partial charge in [-0.3, -0.25) is 9.78 Å². The van der Waals surface area contributed by atoms with Crippen LogP contribution in [-0.4, -0.2) is 10.8 Å². The maximum Gasteiger partial charge on any atom is 0.174 e. The third-order valence-electron chi connectivity index (χ3n) is 3.12. The number of hydrogen-bond acceptors (Lipinski definition) is 3. The molecule has 2 aromatic rings. The maximum atomic E-state index is 12.5. The van der Waals surface area contributed by atoms with Gasteiger partial charge < -0.3 is 5.73 Å². The van der Waals surface area contributed by atoms with Gasteiger partial charge in [0.15, 0.2) is 5.78 Å². The number of rotatable bonds is 3. The Bertz CT molecular complexity index is 544. The lowest BCUT2D eigenvalue weighted by Gasteiger charge is -2.23. The van der Waals surface area contributed by atoms with Crippen LogP contribution in [0.25, 0.3) is 0 Å². The monoisotopic (exact) mass is 240 g/mol. The Labute approximate surface area is 107 Å². The first-order valence-corrected chi connectivity index (χ1v) is 5.82. The van der Waals surface area contributed by atoms with E-state index in [4.69, 9.17) is 5.73 Å². The smallest absolute Gasteiger partial charge is 0.174 e. The summed E-state index contributed by atoms with van der Waals surface area (Å²) in [5, 5.41) is 0. The average molecular weight is 240 g/mol. The van der Waals surface area contributed by atoms with Crippen LogP contribution in [0.15, 0.2) is 48.8 Å². The van der Waals surface area contributed by atoms with E-state index in [9.17, 15) is 4.79 Å². The van der Waals surface area contributed by atoms with E-state index in [0.29, 0.717) is 11.3 Å². The average Bonchev–Trinajstić information content (AvgIpc) is 2.39. The van der Waals surface area contributed by atoms with E-state index in [1.807, 2.05) is 38.1 Å². The first-order chi connectivity index (χ1) is 8.51. The minimum absolute atomic E-state index is 0.0559. The van der Waals surface area contributed by atoms with Crippen molar-refractivity contribution in [3.05, 3.63) is 59.9 Å². The van der Waals surface area contributed by atoms with E-state index < -0.39 is 5.41 Å². The fourth-order valence-corrected chi connectivity index (χ4v) is 1.89. The highest BCUT2D eigenvalue weighted by atomic mass is 16.1. The lowest BCUT2D eigenvalue weighted by Crippen LogP contribution is -2.29. The van der Waals surface area contributed by atoms with Gasteiger partial charge >= 0.3 is 0 Å². The Hall–Kier alpha value is -2.16. The number of ketones is 1. The molecule has 92 valence electrons. The van der Waals surface area contributed by atoms with Crippen LogP contribution in [0.3, 0.4) is 0 Å². The highest BCUT2D eigenvalue weighted by Crippen LogP contribution is 2.28. The molecule has 3 nitrogen and oxygen atoms in total. The number of anilines is 1. The van der Waals surface area contributed by atoms with Crippen LogP contribution >= 0.6 is 0 Å². The predicted molar refractivity (Wildman–Crippen MR) is 72.4 cm³/mol. The first-order valence-electron chi connectivity index (χ1n) is 5.82. The molecular formula is C15H16N2O. The molecule has 0 fully saturated rings. The van der Waals surface area contributed by atoms with Crippen molar-refractivity contribution >= 4 is 11.5 Å². The van der Waals surface area contributed by atoms with Crippen molar-refractivity contribution in [3.8, 4) is 0 Å². The lowest BCUT2D eigenvalue weighted by atomic mass is 9.78. The number of benzene rings is 1. The summed E-state index contributed by atoms with van der Waals surface area (Å²) in [6.07, 6.45) is 3.26. The molecule has 0 amide bonds. The second kappa shape index (κ2) is 4.61. The summed E-state index contributed by atoms with van der Waals surface area (Å²) in [5.41, 5.74) is 7.35. The number of aromatic nitrogens is 1. The molecule has 18 heavy (non-hydrogen) atoms. The largest absolute Gasteiger partial charge is 0.399 e. The van der Waals surface area contributed by atoms with Crippen LogP contribution in [0.5, 0.6) is 0 Å². The molecule has 3 heteroatoms. The van der Waals surface area contributed by atoms with Crippen LogP contribution < -0.4 is 5.73 Å². The Morgan fingerprint density at radius 1 is 1.17 bits per heavy atom. The van der Waals surface area contributed by atoms with Gasteiger partial charge in [0.05, 0.1) is 5.41 Å². The van der Waals surface area contributed by atoms with E-state index in [-0.39, 0.29) is 5.78 Å². The van der Waals surface area contributed by atoms with Gasteiger partial charge in [0, 0.05) is 23.6 Å². The van der Waals surface area contributed by atoms with Crippen LogP contribution in [0.1, 0.15) is 29.8 Å². The number of nitrogen functional groups attached to an aromatic ring is 1. The summed E-state index contributed by atoms with van der Waals surface area (Å²) in [5.74, 6) is 0.0559. The van der Waals surface area contributed by atoms with Gasteiger partial charge in [0.1, 0.15) is 0 Å². The van der Waals surface area contributed by atoms with Gasteiger partial charge in [-0.25, -0.2) is 0 Å². The Balaban J connectivity index is 2.37. The number of nitrogens with zero attached hydrogens (tertiary/aromatic N) is 1. The highest BCUT2D eigenvalue weighted by molar-refractivity contribution is 6.03. The molecule has 2 rings (SSSR count). The van der Waals surface area contributed by atoms with Gasteiger partial charge in [-0.2, -0.15) is 0 Å². The molecule has 0 unspecified atom stereocenters. The standard InChI is InChI=1S/C15H16N2O/c1-15(2,12-5-7-13(16)8-6-12)14(18)11-4-3-9-17-10-11/h3-10H,16H2,1-2H3. The molecule has 0 spiro atoms. The number of nitrogens with two attached hydrogens (primary N) is 1. The van der Waals surface area contributed by atoms with Crippen LogP contribution in [0.4, 0.5) is 5.69 Å². The molecule has 0 atom stereocenters. The normalized spacial score (nSPS) is 11.2. The third kappa shape index (κ3) is 2.25. The molecule has 0 aliphatic heterocycles. The topological polar surface area (TPSA) is 56.0 Å². The van der Waals surface area contributed by atoms with Gasteiger partial charge in [-0.05, 0) is 43.7 Å². The van der Waals surface area contributed by atoms with Gasteiger partial charge in [0.25, 0.3) is 0 Å². The molecule has 0 aliphatic carbocycles. The second-order valence-electron chi connectivity index (χ2n) is 4.82. The number of hydrogen-bond donors (Lipinski definition) is 1. The van der Waals surface area contributed by atoms with Gasteiger partial charge in [-0.1, -0.05) is 12.1 Å². The molecule has 1 aromatic heterocycles. The zero-order valence-electron chi connectivity index (χ0n) is 10.6. The summed E-state index contributed by atoms with van der Waals surface area (Å²) in [7, 11) is 0. The summed E-state index contributed by atoms with van der Waals surface area (Å²) >= 11 is 0. The minimum atomic E-state index is -0.587. The van der Waals surface area contributed by atoms with Crippen molar-refractivity contribution in [2.75, 3.05) is 5.73 Å². The van der Waals surface area contributed by atoms with Crippen molar-refractivity contribution < 1.29 is 4.79 Å². The van der Waals surface area contributed by atoms with Gasteiger partial charge in [-0.15, -0.1) is 0 Å². The molecule has 0 saturated carbocycles. The molecule has 2 N–H and O–H groups in total. The van der Waals surface area contributed by atoms with E-state index in [0.717, 1.165) is 5.56 Å². The number of carbonyl (C=O) groups is 1. The summed E-state index contributed by atoms with van der Waals surface area (Å²) < 4.78 is 0. The summed E-state index contributed by atoms with van der Waals surface area (Å²) in [4.78, 5) is 16.5. The van der Waals surface area contributed by atoms with Crippen molar-refractivity contribution in [3.63, 3.8) is 0 Å². The van der Waals surface area contributed by atoms with Crippen molar-refractivity contribution in [1.29, 1.82) is 0 Å². The summed E-state index contributed by atoms with van der Waals surface area (Å²) in [6, 6.07) is 11.0. The van der Waals surface area contributed by atoms with E-state index in [2.05, 4.69) is 4.98 Å². The van der Waals surface area contributed by atoms with Crippen LogP contribution in [-0.2, 0) is 5.41 Å².